The Morgan fingerprint density at radius 1 is 0.441 bits per heavy atom. The molecule has 0 saturated carbocycles. The molecule has 0 rings (SSSR count). The number of thioether (sulfide) groups is 1. The molecule has 1 unspecified atom stereocenters. The van der Waals surface area contributed by atoms with Gasteiger partial charge in [0.2, 0.25) is 5.91 Å². The third-order valence-electron chi connectivity index (χ3n) is 13.3. The van der Waals surface area contributed by atoms with Crippen molar-refractivity contribution in [3.63, 3.8) is 0 Å². The molecule has 0 fully saturated rings. The lowest BCUT2D eigenvalue weighted by Gasteiger charge is -2.22. The number of rotatable bonds is 55. The van der Waals surface area contributed by atoms with E-state index in [2.05, 4.69) is 31.4 Å². The van der Waals surface area contributed by atoms with Gasteiger partial charge in [0.05, 0.1) is 12.6 Å². The lowest BCUT2D eigenvalue weighted by Crippen LogP contribution is -2.52. The highest BCUT2D eigenvalue weighted by molar-refractivity contribution is 7.99. The first-order valence-electron chi connectivity index (χ1n) is 29.1. The Kier molecular flexibility index (Phi) is 51.5. The molecule has 0 heterocycles. The van der Waals surface area contributed by atoms with Crippen LogP contribution >= 0.6 is 11.8 Å². The first-order valence-corrected chi connectivity index (χ1v) is 30.2. The average Bonchev–Trinajstić information content (AvgIpc) is 3.33. The molecule has 4 N–H and O–H groups in total. The molecule has 0 radical (unpaired) electrons. The van der Waals surface area contributed by atoms with Crippen LogP contribution in [0.15, 0.2) is 0 Å². The summed E-state index contributed by atoms with van der Waals surface area (Å²) < 4.78 is 11.6. The number of esters is 2. The van der Waals surface area contributed by atoms with Crippen LogP contribution in [0.4, 0.5) is 0 Å². The summed E-state index contributed by atoms with van der Waals surface area (Å²) in [5, 5.41) is 24.9. The van der Waals surface area contributed by atoms with E-state index in [1.54, 1.807) is 0 Å². The lowest BCUT2D eigenvalue weighted by molar-refractivity contribution is -0.157. The van der Waals surface area contributed by atoms with Crippen molar-refractivity contribution in [2.24, 2.45) is 0 Å². The van der Waals surface area contributed by atoms with Crippen molar-refractivity contribution in [3.8, 4) is 0 Å². The van der Waals surface area contributed by atoms with E-state index in [0.717, 1.165) is 57.8 Å². The van der Waals surface area contributed by atoms with E-state index in [0.29, 0.717) is 30.9 Å². The number of hydrogen-bond donors (Lipinski definition) is 4. The van der Waals surface area contributed by atoms with E-state index in [4.69, 9.17) is 9.47 Å². The Hall–Kier alpha value is -1.85. The smallest absolute Gasteiger partial charge is 0.328 e. The van der Waals surface area contributed by atoms with E-state index < -0.39 is 36.7 Å². The molecule has 0 aliphatic carbocycles. The van der Waals surface area contributed by atoms with Gasteiger partial charge in [0.25, 0.3) is 0 Å². The Balaban J connectivity index is 4.97. The second kappa shape index (κ2) is 53.0. The van der Waals surface area contributed by atoms with E-state index >= 15 is 0 Å². The van der Waals surface area contributed by atoms with Crippen LogP contribution in [-0.2, 0) is 28.7 Å². The summed E-state index contributed by atoms with van der Waals surface area (Å²) >= 11 is 1.41. The SMILES string of the molecule is CCCCCCCCCCCCCCCCN[C@@H](CSCC(COC(=O)CCCCCCCCCCCCCCC)OC(=O)CCCCCCCCCCCCCCC)C(=O)N[C@@H](CO)C(=O)O. The van der Waals surface area contributed by atoms with Crippen LogP contribution in [0.3, 0.4) is 0 Å². The second-order valence-electron chi connectivity index (χ2n) is 20.0. The number of carbonyl (C=O) groups excluding carboxylic acids is 3. The number of nitrogens with one attached hydrogen (secondary N) is 2. The first-order chi connectivity index (χ1) is 33.3. The van der Waals surface area contributed by atoms with Crippen LogP contribution in [0.1, 0.15) is 290 Å². The fourth-order valence-electron chi connectivity index (χ4n) is 8.79. The maximum absolute atomic E-state index is 13.3. The van der Waals surface area contributed by atoms with Gasteiger partial charge in [0.15, 0.2) is 0 Å². The number of aliphatic hydroxyl groups is 1. The maximum Gasteiger partial charge on any atom is 0.328 e. The summed E-state index contributed by atoms with van der Waals surface area (Å²) in [6.07, 6.45) is 49.5. The predicted molar refractivity (Wildman–Crippen MR) is 288 cm³/mol. The van der Waals surface area contributed by atoms with Crippen LogP contribution in [-0.4, -0.2) is 83.5 Å². The van der Waals surface area contributed by atoms with Crippen molar-refractivity contribution in [3.05, 3.63) is 0 Å². The molecule has 0 aliphatic heterocycles. The van der Waals surface area contributed by atoms with E-state index in [-0.39, 0.29) is 18.5 Å². The summed E-state index contributed by atoms with van der Waals surface area (Å²) in [4.78, 5) is 50.8. The summed E-state index contributed by atoms with van der Waals surface area (Å²) in [7, 11) is 0. The fraction of sp³-hybridized carbons (Fsp3) is 0.930. The predicted octanol–water partition coefficient (Wildman–Crippen LogP) is 15.1. The molecule has 0 aliphatic rings. The van der Waals surface area contributed by atoms with Crippen LogP contribution in [0, 0.1) is 0 Å². The number of unbranched alkanes of at least 4 members (excludes halogenated alkanes) is 37. The van der Waals surface area contributed by atoms with Crippen LogP contribution in [0.5, 0.6) is 0 Å². The molecule has 0 aromatic heterocycles. The van der Waals surface area contributed by atoms with Crippen LogP contribution < -0.4 is 10.6 Å². The fourth-order valence-corrected chi connectivity index (χ4v) is 9.86. The van der Waals surface area contributed by atoms with Crippen molar-refractivity contribution in [2.75, 3.05) is 31.3 Å². The molecule has 68 heavy (non-hydrogen) atoms. The molecule has 0 bridgehead atoms. The van der Waals surface area contributed by atoms with Crippen molar-refractivity contribution in [1.29, 1.82) is 0 Å². The molecular formula is C57H110N2O8S. The van der Waals surface area contributed by atoms with Gasteiger partial charge in [0, 0.05) is 24.3 Å². The van der Waals surface area contributed by atoms with Gasteiger partial charge in [-0.1, -0.05) is 258 Å². The van der Waals surface area contributed by atoms with Crippen LogP contribution in [0.2, 0.25) is 0 Å². The van der Waals surface area contributed by atoms with E-state index in [1.165, 1.54) is 211 Å². The molecule has 0 spiro atoms. The largest absolute Gasteiger partial charge is 0.480 e. The topological polar surface area (TPSA) is 151 Å². The van der Waals surface area contributed by atoms with Gasteiger partial charge in [-0.2, -0.15) is 11.8 Å². The van der Waals surface area contributed by atoms with E-state index in [9.17, 15) is 29.4 Å². The molecular weight excluding hydrogens is 873 g/mol. The Bertz CT molecular complexity index is 1130. The Labute approximate surface area is 423 Å². The van der Waals surface area contributed by atoms with Gasteiger partial charge < -0.3 is 30.3 Å². The highest BCUT2D eigenvalue weighted by atomic mass is 32.2. The molecule has 10 nitrogen and oxygen atoms in total. The summed E-state index contributed by atoms with van der Waals surface area (Å²) in [5.74, 6) is -1.76. The zero-order valence-corrected chi connectivity index (χ0v) is 45.5. The van der Waals surface area contributed by atoms with Gasteiger partial charge in [0.1, 0.15) is 18.8 Å². The van der Waals surface area contributed by atoms with Crippen molar-refractivity contribution in [1.82, 2.24) is 10.6 Å². The monoisotopic (exact) mass is 983 g/mol. The van der Waals surface area contributed by atoms with Crippen molar-refractivity contribution in [2.45, 2.75) is 309 Å². The normalized spacial score (nSPS) is 12.8. The number of carboxylic acids is 1. The average molecular weight is 984 g/mol. The molecule has 402 valence electrons. The quantitative estimate of drug-likeness (QED) is 0.0342. The molecule has 3 atom stereocenters. The number of aliphatic carboxylic acids is 1. The highest BCUT2D eigenvalue weighted by Gasteiger charge is 2.26. The molecule has 0 aromatic carbocycles. The Morgan fingerprint density at radius 2 is 0.779 bits per heavy atom. The molecule has 1 amide bonds. The van der Waals surface area contributed by atoms with Crippen LogP contribution in [0.25, 0.3) is 0 Å². The van der Waals surface area contributed by atoms with Gasteiger partial charge in [-0.25, -0.2) is 4.79 Å². The third kappa shape index (κ3) is 46.5. The van der Waals surface area contributed by atoms with Gasteiger partial charge in [-0.3, -0.25) is 14.4 Å². The minimum Gasteiger partial charge on any atom is -0.480 e. The molecule has 0 saturated heterocycles. The summed E-state index contributed by atoms with van der Waals surface area (Å²) in [6.45, 7) is 6.62. The zero-order valence-electron chi connectivity index (χ0n) is 44.7. The van der Waals surface area contributed by atoms with Gasteiger partial charge in [-0.15, -0.1) is 0 Å². The minimum atomic E-state index is -1.40. The zero-order chi connectivity index (χ0) is 49.8. The van der Waals surface area contributed by atoms with Gasteiger partial charge in [-0.05, 0) is 25.8 Å². The van der Waals surface area contributed by atoms with Crippen molar-refractivity contribution >= 4 is 35.6 Å². The third-order valence-corrected chi connectivity index (χ3v) is 14.5. The number of carbonyl (C=O) groups is 4. The maximum atomic E-state index is 13.3. The lowest BCUT2D eigenvalue weighted by atomic mass is 10.0. The minimum absolute atomic E-state index is 0.0381. The highest BCUT2D eigenvalue weighted by Crippen LogP contribution is 2.18. The number of amides is 1. The number of aliphatic hydroxyl groups excluding tert-OH is 1. The number of hydrogen-bond acceptors (Lipinski definition) is 9. The molecule has 11 heteroatoms. The van der Waals surface area contributed by atoms with Gasteiger partial charge >= 0.3 is 17.9 Å². The summed E-state index contributed by atoms with van der Waals surface area (Å²) in [5.41, 5.74) is 0. The number of carboxylic acid groups (broad SMARTS) is 1. The Morgan fingerprint density at radius 3 is 1.13 bits per heavy atom. The molecule has 0 aromatic rings. The van der Waals surface area contributed by atoms with Crippen molar-refractivity contribution < 1.29 is 38.9 Å². The number of ether oxygens (including phenoxy) is 2. The first kappa shape index (κ1) is 66.2. The summed E-state index contributed by atoms with van der Waals surface area (Å²) in [6, 6.07) is -2.11. The van der Waals surface area contributed by atoms with E-state index in [1.807, 2.05) is 0 Å². The standard InChI is InChI=1S/C57H110N2O8S/c1-4-7-10-13-16-19-22-25-28-31-34-37-40-43-46-58-53(56(63)59-52(47-60)57(64)65)50-68-49-51(67-55(62)45-42-39-36-33-30-27-24-21-18-15-12-9-6-3)48-66-54(61)44-41-38-35-32-29-26-23-20-17-14-11-8-5-2/h51-53,58,60H,4-50H2,1-3H3,(H,59,63)(H,64,65)/t51?,52-,53-/m0/s1. The second-order valence-corrected chi connectivity index (χ2v) is 21.1.